The Kier molecular flexibility index (Phi) is 11.1. The fraction of sp³-hybridized carbons (Fsp3) is 0.515. The lowest BCUT2D eigenvalue weighted by molar-refractivity contribution is -0.128. The molecule has 0 saturated carbocycles. The smallest absolute Gasteiger partial charge is 0.407 e. The molecule has 0 aliphatic carbocycles. The highest BCUT2D eigenvalue weighted by Crippen LogP contribution is 2.29. The largest absolute Gasteiger partial charge is 0.497 e. The van der Waals surface area contributed by atoms with E-state index in [2.05, 4.69) is 5.32 Å². The number of β-amino-alcohol motifs (C(OH)–C–C–N with tert-alkyl or cyclic N) is 1. The molecule has 2 aliphatic rings. The number of methoxy groups -OCH3 is 1. The van der Waals surface area contributed by atoms with Gasteiger partial charge in [-0.05, 0) is 82.2 Å². The van der Waals surface area contributed by atoms with Gasteiger partial charge in [-0.25, -0.2) is 13.2 Å². The number of amides is 2. The monoisotopic (exact) mass is 627 g/mol. The predicted octanol–water partition coefficient (Wildman–Crippen LogP) is 4.07. The van der Waals surface area contributed by atoms with Crippen LogP contribution in [0.25, 0.3) is 0 Å². The molecule has 1 saturated heterocycles. The quantitative estimate of drug-likeness (QED) is 0.444. The number of benzene rings is 2. The van der Waals surface area contributed by atoms with E-state index in [0.29, 0.717) is 43.5 Å². The van der Waals surface area contributed by atoms with Crippen molar-refractivity contribution in [3.05, 3.63) is 71.8 Å². The van der Waals surface area contributed by atoms with Gasteiger partial charge in [-0.1, -0.05) is 42.5 Å². The van der Waals surface area contributed by atoms with Gasteiger partial charge in [-0.2, -0.15) is 4.31 Å². The van der Waals surface area contributed by atoms with Crippen LogP contribution in [0.1, 0.15) is 57.6 Å². The Hall–Kier alpha value is -3.41. The summed E-state index contributed by atoms with van der Waals surface area (Å²) >= 11 is 0. The fourth-order valence-corrected chi connectivity index (χ4v) is 7.40. The number of aliphatic hydroxyl groups excluding tert-OH is 1. The second-order valence-electron chi connectivity index (χ2n) is 12.4. The number of fused-ring (bicyclic) bond motifs is 2. The molecule has 0 spiro atoms. The maximum absolute atomic E-state index is 14.5. The van der Waals surface area contributed by atoms with Crippen molar-refractivity contribution in [3.63, 3.8) is 0 Å². The van der Waals surface area contributed by atoms with E-state index < -0.39 is 33.9 Å². The van der Waals surface area contributed by atoms with Gasteiger partial charge in [0.05, 0.1) is 24.2 Å². The molecule has 44 heavy (non-hydrogen) atoms. The number of hydrogen-bond acceptors (Lipinski definition) is 7. The standard InChI is InChI=1S/C33H45N3O7S/c1-33(2,3)43-32(39)34-28(20-24-12-8-7-9-13-24)29(37)23-35-22-26-15-18-31(38)36(26)19-11-6-5-10-14-25-21-27(42-4)16-17-30(25)44(35,40)41/h6-9,11-13,16-17,21,26,28-29,37H,5,10,14-15,18-20,22-23H2,1-4H3,(H,34,39)/b11-6+/t26-,28+,29-/m1/s1. The average Bonchev–Trinajstić information content (AvgIpc) is 3.31. The van der Waals surface area contributed by atoms with Gasteiger partial charge in [-0.3, -0.25) is 4.79 Å². The molecule has 0 unspecified atom stereocenters. The van der Waals surface area contributed by atoms with Crippen molar-refractivity contribution in [2.24, 2.45) is 0 Å². The highest BCUT2D eigenvalue weighted by Gasteiger charge is 2.38. The summed E-state index contributed by atoms with van der Waals surface area (Å²) in [5.74, 6) is 0.536. The van der Waals surface area contributed by atoms with Gasteiger partial charge in [0.2, 0.25) is 15.9 Å². The van der Waals surface area contributed by atoms with Crippen LogP contribution in [0.2, 0.25) is 0 Å². The molecular weight excluding hydrogens is 582 g/mol. The average molecular weight is 628 g/mol. The molecule has 2 aliphatic heterocycles. The van der Waals surface area contributed by atoms with Crippen molar-refractivity contribution in [1.29, 1.82) is 0 Å². The van der Waals surface area contributed by atoms with Crippen molar-refractivity contribution >= 4 is 22.0 Å². The van der Waals surface area contributed by atoms with Gasteiger partial charge in [0, 0.05) is 32.1 Å². The third kappa shape index (κ3) is 8.83. The highest BCUT2D eigenvalue weighted by molar-refractivity contribution is 7.89. The number of nitrogens with one attached hydrogen (secondary N) is 1. The van der Waals surface area contributed by atoms with Crippen molar-refractivity contribution < 1.29 is 32.6 Å². The molecule has 2 N–H and O–H groups in total. The topological polar surface area (TPSA) is 125 Å². The number of alkyl carbamates (subject to hydrolysis) is 1. The summed E-state index contributed by atoms with van der Waals surface area (Å²) in [6.07, 6.45) is 5.06. The van der Waals surface area contributed by atoms with E-state index >= 15 is 0 Å². The van der Waals surface area contributed by atoms with Crippen LogP contribution in [0.5, 0.6) is 5.75 Å². The molecule has 3 atom stereocenters. The minimum atomic E-state index is -4.15. The van der Waals surface area contributed by atoms with Crippen LogP contribution in [0.3, 0.4) is 0 Å². The summed E-state index contributed by atoms with van der Waals surface area (Å²) in [6, 6.07) is 13.1. The van der Waals surface area contributed by atoms with Gasteiger partial charge in [0.25, 0.3) is 0 Å². The van der Waals surface area contributed by atoms with Crippen LogP contribution in [-0.2, 0) is 32.4 Å². The summed E-state index contributed by atoms with van der Waals surface area (Å²) in [5, 5.41) is 14.5. The Morgan fingerprint density at radius 2 is 1.86 bits per heavy atom. The Balaban J connectivity index is 1.71. The molecule has 11 heteroatoms. The number of rotatable bonds is 7. The SMILES string of the molecule is COc1ccc2c(c1)CCC/C=C/CN1C(=O)CC[C@@H]1CN(C[C@@H](O)[C@H](Cc1ccccc1)NC(=O)OC(C)(C)C)S2(=O)=O. The third-order valence-corrected chi connectivity index (χ3v) is 9.83. The summed E-state index contributed by atoms with van der Waals surface area (Å²) in [5.41, 5.74) is 0.726. The predicted molar refractivity (Wildman–Crippen MR) is 168 cm³/mol. The summed E-state index contributed by atoms with van der Waals surface area (Å²) in [6.45, 7) is 5.35. The lowest BCUT2D eigenvalue weighted by Crippen LogP contribution is -2.53. The molecule has 2 amide bonds. The van der Waals surface area contributed by atoms with Crippen LogP contribution in [-0.4, -0.2) is 85.3 Å². The first-order valence-corrected chi connectivity index (χ1v) is 16.6. The number of nitrogens with zero attached hydrogens (tertiary/aromatic N) is 2. The summed E-state index contributed by atoms with van der Waals surface area (Å²) in [7, 11) is -2.61. The zero-order valence-electron chi connectivity index (χ0n) is 26.1. The third-order valence-electron chi connectivity index (χ3n) is 7.89. The van der Waals surface area contributed by atoms with Gasteiger partial charge >= 0.3 is 6.09 Å². The van der Waals surface area contributed by atoms with E-state index in [1.54, 1.807) is 43.9 Å². The normalized spacial score (nSPS) is 21.4. The lowest BCUT2D eigenvalue weighted by atomic mass is 10.0. The molecule has 0 bridgehead atoms. The van der Waals surface area contributed by atoms with Gasteiger partial charge in [0.1, 0.15) is 11.4 Å². The second kappa shape index (κ2) is 14.6. The highest BCUT2D eigenvalue weighted by atomic mass is 32.2. The van der Waals surface area contributed by atoms with Gasteiger partial charge < -0.3 is 24.8 Å². The van der Waals surface area contributed by atoms with Crippen LogP contribution < -0.4 is 10.1 Å². The first kappa shape index (κ1) is 33.5. The van der Waals surface area contributed by atoms with E-state index in [9.17, 15) is 23.1 Å². The minimum absolute atomic E-state index is 0.00887. The number of carbonyl (C=O) groups excluding carboxylic acids is 2. The Morgan fingerprint density at radius 3 is 2.57 bits per heavy atom. The van der Waals surface area contributed by atoms with Crippen LogP contribution >= 0.6 is 0 Å². The van der Waals surface area contributed by atoms with E-state index in [0.717, 1.165) is 12.0 Å². The van der Waals surface area contributed by atoms with Crippen LogP contribution in [0, 0.1) is 0 Å². The zero-order valence-corrected chi connectivity index (χ0v) is 26.9. The Bertz CT molecular complexity index is 1420. The molecular formula is C33H45N3O7S. The number of aliphatic hydroxyl groups is 1. The summed E-state index contributed by atoms with van der Waals surface area (Å²) in [4.78, 5) is 27.5. The van der Waals surface area contributed by atoms with E-state index in [1.165, 1.54) is 11.4 Å². The van der Waals surface area contributed by atoms with Crippen molar-refractivity contribution in [1.82, 2.24) is 14.5 Å². The Morgan fingerprint density at radius 1 is 1.11 bits per heavy atom. The number of allylic oxidation sites excluding steroid dienone is 1. The number of ether oxygens (including phenoxy) is 2. The number of carbonyl (C=O) groups is 2. The maximum atomic E-state index is 14.5. The molecule has 10 nitrogen and oxygen atoms in total. The first-order chi connectivity index (χ1) is 20.9. The second-order valence-corrected chi connectivity index (χ2v) is 14.3. The summed E-state index contributed by atoms with van der Waals surface area (Å²) < 4.78 is 41.1. The van der Waals surface area contributed by atoms with Crippen LogP contribution in [0.4, 0.5) is 4.79 Å². The van der Waals surface area contributed by atoms with Crippen molar-refractivity contribution in [3.8, 4) is 5.75 Å². The van der Waals surface area contributed by atoms with Crippen LogP contribution in [0.15, 0.2) is 65.6 Å². The molecule has 1 fully saturated rings. The molecule has 4 rings (SSSR count). The molecule has 2 aromatic rings. The molecule has 2 heterocycles. The van der Waals surface area contributed by atoms with E-state index in [4.69, 9.17) is 9.47 Å². The van der Waals surface area contributed by atoms with Crippen molar-refractivity contribution in [2.45, 2.75) is 88.0 Å². The van der Waals surface area contributed by atoms with E-state index in [1.807, 2.05) is 42.5 Å². The van der Waals surface area contributed by atoms with Crippen molar-refractivity contribution in [2.75, 3.05) is 26.7 Å². The lowest BCUT2D eigenvalue weighted by Gasteiger charge is -2.34. The minimum Gasteiger partial charge on any atom is -0.497 e. The number of hydrogen-bond donors (Lipinski definition) is 2. The number of sulfonamides is 1. The molecule has 240 valence electrons. The first-order valence-electron chi connectivity index (χ1n) is 15.2. The molecule has 0 aromatic heterocycles. The van der Waals surface area contributed by atoms with Gasteiger partial charge in [0.15, 0.2) is 0 Å². The zero-order chi connectivity index (χ0) is 31.9. The Labute approximate surface area is 261 Å². The molecule has 0 radical (unpaired) electrons. The van der Waals surface area contributed by atoms with E-state index in [-0.39, 0.29) is 36.4 Å². The maximum Gasteiger partial charge on any atom is 0.407 e. The number of aryl methyl sites for hydroxylation is 1. The fourth-order valence-electron chi connectivity index (χ4n) is 5.67. The molecule has 2 aromatic carbocycles. The van der Waals surface area contributed by atoms with Gasteiger partial charge in [-0.15, -0.1) is 0 Å².